The number of phenols is 1. The van der Waals surface area contributed by atoms with E-state index in [9.17, 15) is 9.90 Å². The number of hydrogen-bond acceptors (Lipinski definition) is 4. The lowest BCUT2D eigenvalue weighted by Crippen LogP contribution is -2.32. The van der Waals surface area contributed by atoms with Gasteiger partial charge in [0.15, 0.2) is 5.76 Å². The third-order valence-corrected chi connectivity index (χ3v) is 6.15. The summed E-state index contributed by atoms with van der Waals surface area (Å²) in [6, 6.07) is 8.32. The molecule has 2 aromatic carbocycles. The zero-order valence-electron chi connectivity index (χ0n) is 15.5. The summed E-state index contributed by atoms with van der Waals surface area (Å²) in [7, 11) is 0. The molecule has 2 aliphatic rings. The largest absolute Gasteiger partial charge is 0.507 e. The highest BCUT2D eigenvalue weighted by molar-refractivity contribution is 6.42. The number of likely N-dealkylation sites (tertiary alicyclic amines) is 1. The number of carbonyl (C=O) groups excluding carboxylic acids is 1. The molecule has 1 saturated heterocycles. The van der Waals surface area contributed by atoms with E-state index in [0.717, 1.165) is 37.4 Å². The fourth-order valence-electron chi connectivity index (χ4n) is 3.65. The summed E-state index contributed by atoms with van der Waals surface area (Å²) in [5.74, 6) is 1.35. The fraction of sp³-hybridized carbons (Fsp3) is 0.318. The van der Waals surface area contributed by atoms with Crippen LogP contribution in [0.2, 0.25) is 10.0 Å². The van der Waals surface area contributed by atoms with Crippen molar-refractivity contribution >= 4 is 35.1 Å². The van der Waals surface area contributed by atoms with Crippen LogP contribution in [0.25, 0.3) is 6.08 Å². The predicted molar refractivity (Wildman–Crippen MR) is 111 cm³/mol. The Hall–Kier alpha value is -2.01. The molecule has 2 aromatic rings. The Morgan fingerprint density at radius 2 is 1.93 bits per heavy atom. The molecule has 28 heavy (non-hydrogen) atoms. The molecule has 4 rings (SSSR count). The van der Waals surface area contributed by atoms with Crippen LogP contribution in [0.1, 0.15) is 41.3 Å². The van der Waals surface area contributed by atoms with Crippen LogP contribution < -0.4 is 4.74 Å². The van der Waals surface area contributed by atoms with Gasteiger partial charge in [0.2, 0.25) is 5.78 Å². The number of carbonyl (C=O) groups is 1. The van der Waals surface area contributed by atoms with Crippen LogP contribution >= 0.6 is 23.2 Å². The second-order valence-electron chi connectivity index (χ2n) is 7.51. The summed E-state index contributed by atoms with van der Waals surface area (Å²) < 4.78 is 5.92. The van der Waals surface area contributed by atoms with Crippen LogP contribution in [-0.2, 0) is 6.54 Å². The number of fused-ring (bicyclic) bond motifs is 1. The van der Waals surface area contributed by atoms with Crippen molar-refractivity contribution in [1.29, 1.82) is 0 Å². The number of benzene rings is 2. The molecular weight excluding hydrogens is 397 g/mol. The number of hydrogen-bond donors (Lipinski definition) is 1. The number of halogens is 2. The molecular formula is C22H21Cl2NO3. The number of ether oxygens (including phenoxy) is 1. The van der Waals surface area contributed by atoms with Crippen molar-refractivity contribution in [3.8, 4) is 11.5 Å². The molecule has 2 heterocycles. The van der Waals surface area contributed by atoms with E-state index in [1.54, 1.807) is 36.4 Å². The molecule has 0 saturated carbocycles. The van der Waals surface area contributed by atoms with Gasteiger partial charge < -0.3 is 9.84 Å². The molecule has 0 atom stereocenters. The standard InChI is InChI=1S/C22H21Cl2NO3/c1-13-6-8-25(9-7-13)12-16-19(26)5-3-15-21(27)20(28-22(15)16)11-14-2-4-17(23)18(24)10-14/h2-5,10-11,13,26H,6-9,12H2,1H3/b20-11-. The molecule has 2 aliphatic heterocycles. The third kappa shape index (κ3) is 3.77. The number of allylic oxidation sites excluding steroid dienone is 1. The number of aromatic hydroxyl groups is 1. The van der Waals surface area contributed by atoms with E-state index in [1.165, 1.54) is 0 Å². The summed E-state index contributed by atoms with van der Waals surface area (Å²) in [6.07, 6.45) is 3.92. The van der Waals surface area contributed by atoms with Gasteiger partial charge in [-0.3, -0.25) is 9.69 Å². The van der Waals surface area contributed by atoms with Gasteiger partial charge >= 0.3 is 0 Å². The van der Waals surface area contributed by atoms with Gasteiger partial charge in [-0.1, -0.05) is 36.2 Å². The van der Waals surface area contributed by atoms with Crippen molar-refractivity contribution in [1.82, 2.24) is 4.90 Å². The lowest BCUT2D eigenvalue weighted by Gasteiger charge is -2.30. The van der Waals surface area contributed by atoms with Crippen molar-refractivity contribution in [2.24, 2.45) is 5.92 Å². The minimum absolute atomic E-state index is 0.154. The van der Waals surface area contributed by atoms with E-state index in [0.29, 0.717) is 33.5 Å². The zero-order valence-corrected chi connectivity index (χ0v) is 17.1. The smallest absolute Gasteiger partial charge is 0.231 e. The highest BCUT2D eigenvalue weighted by Crippen LogP contribution is 2.40. The first kappa shape index (κ1) is 19.3. The fourth-order valence-corrected chi connectivity index (χ4v) is 3.95. The molecule has 0 amide bonds. The average Bonchev–Trinajstić information content (AvgIpc) is 2.98. The number of piperidine rings is 1. The Kier molecular flexibility index (Phi) is 5.37. The van der Waals surface area contributed by atoms with Gasteiger partial charge in [0.25, 0.3) is 0 Å². The molecule has 4 nitrogen and oxygen atoms in total. The SMILES string of the molecule is CC1CCN(Cc2c(O)ccc3c2O/C(=C\c2ccc(Cl)c(Cl)c2)C3=O)CC1. The van der Waals surface area contributed by atoms with Crippen LogP contribution in [0.4, 0.5) is 0 Å². The first-order valence-electron chi connectivity index (χ1n) is 9.39. The maximum Gasteiger partial charge on any atom is 0.231 e. The lowest BCUT2D eigenvalue weighted by atomic mass is 9.98. The van der Waals surface area contributed by atoms with Gasteiger partial charge in [-0.15, -0.1) is 0 Å². The van der Waals surface area contributed by atoms with Gasteiger partial charge in [-0.2, -0.15) is 0 Å². The van der Waals surface area contributed by atoms with Crippen molar-refractivity contribution < 1.29 is 14.6 Å². The van der Waals surface area contributed by atoms with Gasteiger partial charge in [-0.25, -0.2) is 0 Å². The summed E-state index contributed by atoms with van der Waals surface area (Å²) in [6.45, 7) is 4.78. The van der Waals surface area contributed by atoms with E-state index >= 15 is 0 Å². The zero-order chi connectivity index (χ0) is 19.8. The molecule has 0 aliphatic carbocycles. The Bertz CT molecular complexity index is 962. The van der Waals surface area contributed by atoms with Crippen LogP contribution in [0, 0.1) is 5.92 Å². The highest BCUT2D eigenvalue weighted by Gasteiger charge is 2.32. The van der Waals surface area contributed by atoms with Gasteiger partial charge in [-0.05, 0) is 67.8 Å². The van der Waals surface area contributed by atoms with E-state index in [-0.39, 0.29) is 17.3 Å². The molecule has 0 aromatic heterocycles. The van der Waals surface area contributed by atoms with E-state index < -0.39 is 0 Å². The van der Waals surface area contributed by atoms with Crippen LogP contribution in [-0.4, -0.2) is 28.9 Å². The van der Waals surface area contributed by atoms with E-state index in [2.05, 4.69) is 11.8 Å². The van der Waals surface area contributed by atoms with Crippen LogP contribution in [0.5, 0.6) is 11.5 Å². The Morgan fingerprint density at radius 3 is 2.64 bits per heavy atom. The Labute approximate surface area is 174 Å². The monoisotopic (exact) mass is 417 g/mol. The van der Waals surface area contributed by atoms with Gasteiger partial charge in [0, 0.05) is 6.54 Å². The van der Waals surface area contributed by atoms with Gasteiger partial charge in [0.05, 0.1) is 21.2 Å². The normalized spacial score (nSPS) is 19.1. The van der Waals surface area contributed by atoms with Crippen LogP contribution in [0.15, 0.2) is 36.1 Å². The summed E-state index contributed by atoms with van der Waals surface area (Å²) >= 11 is 12.0. The summed E-state index contributed by atoms with van der Waals surface area (Å²) in [4.78, 5) is 15.1. The number of rotatable bonds is 3. The third-order valence-electron chi connectivity index (χ3n) is 5.42. The Morgan fingerprint density at radius 1 is 1.18 bits per heavy atom. The Balaban J connectivity index is 1.63. The molecule has 1 fully saturated rings. The van der Waals surface area contributed by atoms with E-state index in [1.807, 2.05) is 0 Å². The quantitative estimate of drug-likeness (QED) is 0.665. The van der Waals surface area contributed by atoms with Crippen LogP contribution in [0.3, 0.4) is 0 Å². The minimum Gasteiger partial charge on any atom is -0.507 e. The van der Waals surface area contributed by atoms with Crippen molar-refractivity contribution in [2.45, 2.75) is 26.3 Å². The maximum absolute atomic E-state index is 12.8. The molecule has 6 heteroatoms. The number of phenolic OH excluding ortho intramolecular Hbond substituents is 1. The second kappa shape index (κ2) is 7.78. The molecule has 146 valence electrons. The maximum atomic E-state index is 12.8. The number of nitrogens with zero attached hydrogens (tertiary/aromatic N) is 1. The summed E-state index contributed by atoms with van der Waals surface area (Å²) in [5.41, 5.74) is 1.86. The number of Topliss-reactive ketones (excluding diaryl/α,β-unsaturated/α-hetero) is 1. The first-order chi connectivity index (χ1) is 13.4. The molecule has 1 N–H and O–H groups in total. The molecule has 0 radical (unpaired) electrons. The second-order valence-corrected chi connectivity index (χ2v) is 8.33. The molecule has 0 bridgehead atoms. The first-order valence-corrected chi connectivity index (χ1v) is 10.1. The van der Waals surface area contributed by atoms with Crippen molar-refractivity contribution in [3.63, 3.8) is 0 Å². The summed E-state index contributed by atoms with van der Waals surface area (Å²) in [5, 5.41) is 11.3. The van der Waals surface area contributed by atoms with Crippen molar-refractivity contribution in [3.05, 3.63) is 62.8 Å². The van der Waals surface area contributed by atoms with Crippen molar-refractivity contribution in [2.75, 3.05) is 13.1 Å². The minimum atomic E-state index is -0.199. The average molecular weight is 418 g/mol. The molecule has 0 unspecified atom stereocenters. The number of ketones is 1. The topological polar surface area (TPSA) is 49.8 Å². The lowest BCUT2D eigenvalue weighted by molar-refractivity contribution is 0.101. The van der Waals surface area contributed by atoms with Gasteiger partial charge in [0.1, 0.15) is 11.5 Å². The molecule has 0 spiro atoms. The van der Waals surface area contributed by atoms with E-state index in [4.69, 9.17) is 27.9 Å². The highest BCUT2D eigenvalue weighted by atomic mass is 35.5. The predicted octanol–water partition coefficient (Wildman–Crippen LogP) is 5.55.